The number of hydrogen-bond acceptors (Lipinski definition) is 1. The van der Waals surface area contributed by atoms with Crippen LogP contribution in [0.2, 0.25) is 0 Å². The van der Waals surface area contributed by atoms with Crippen LogP contribution in [0.15, 0.2) is 11.6 Å². The minimum absolute atomic E-state index is 0.498. The molecular weight excluding hydrogens is 172 g/mol. The van der Waals surface area contributed by atoms with Gasteiger partial charge in [0.05, 0.1) is 0 Å². The van der Waals surface area contributed by atoms with Gasteiger partial charge in [-0.15, -0.1) is 0 Å². The SMILES string of the molecule is CC12CCCCC1=CC(CC=O)CC2. The van der Waals surface area contributed by atoms with Crippen molar-refractivity contribution in [3.8, 4) is 0 Å². The summed E-state index contributed by atoms with van der Waals surface area (Å²) < 4.78 is 0. The highest BCUT2D eigenvalue weighted by Crippen LogP contribution is 2.48. The molecule has 1 saturated carbocycles. The van der Waals surface area contributed by atoms with Crippen LogP contribution >= 0.6 is 0 Å². The van der Waals surface area contributed by atoms with E-state index in [0.29, 0.717) is 11.3 Å². The van der Waals surface area contributed by atoms with Crippen molar-refractivity contribution in [1.29, 1.82) is 0 Å². The minimum atomic E-state index is 0.498. The summed E-state index contributed by atoms with van der Waals surface area (Å²) in [6, 6.07) is 0. The zero-order valence-electron chi connectivity index (χ0n) is 9.09. The molecule has 2 atom stereocenters. The van der Waals surface area contributed by atoms with E-state index in [9.17, 15) is 4.79 Å². The molecule has 1 fully saturated rings. The molecule has 2 aliphatic rings. The Morgan fingerprint density at radius 1 is 1.50 bits per heavy atom. The summed E-state index contributed by atoms with van der Waals surface area (Å²) in [5.41, 5.74) is 2.15. The molecule has 0 spiro atoms. The highest BCUT2D eigenvalue weighted by atomic mass is 16.1. The predicted octanol–water partition coefficient (Wildman–Crippen LogP) is 3.49. The third-order valence-corrected chi connectivity index (χ3v) is 4.10. The first-order valence-corrected chi connectivity index (χ1v) is 5.89. The summed E-state index contributed by atoms with van der Waals surface area (Å²) in [6.45, 7) is 2.41. The Balaban J connectivity index is 2.14. The van der Waals surface area contributed by atoms with E-state index in [4.69, 9.17) is 0 Å². The van der Waals surface area contributed by atoms with Crippen LogP contribution in [0.25, 0.3) is 0 Å². The molecule has 2 aliphatic carbocycles. The smallest absolute Gasteiger partial charge is 0.120 e. The molecule has 14 heavy (non-hydrogen) atoms. The molecule has 0 N–H and O–H groups in total. The van der Waals surface area contributed by atoms with Crippen molar-refractivity contribution in [1.82, 2.24) is 0 Å². The van der Waals surface area contributed by atoms with Crippen molar-refractivity contribution in [2.75, 3.05) is 0 Å². The lowest BCUT2D eigenvalue weighted by Crippen LogP contribution is -2.28. The van der Waals surface area contributed by atoms with Crippen molar-refractivity contribution in [3.05, 3.63) is 11.6 Å². The maximum atomic E-state index is 10.5. The average Bonchev–Trinajstić information content (AvgIpc) is 2.19. The molecule has 2 unspecified atom stereocenters. The Morgan fingerprint density at radius 2 is 2.36 bits per heavy atom. The number of hydrogen-bond donors (Lipinski definition) is 0. The van der Waals surface area contributed by atoms with Gasteiger partial charge < -0.3 is 4.79 Å². The molecule has 0 aromatic rings. The van der Waals surface area contributed by atoms with E-state index in [1.165, 1.54) is 38.5 Å². The summed E-state index contributed by atoms with van der Waals surface area (Å²) >= 11 is 0. The molecule has 0 radical (unpaired) electrons. The number of fused-ring (bicyclic) bond motifs is 1. The first kappa shape index (κ1) is 9.95. The highest BCUT2D eigenvalue weighted by molar-refractivity contribution is 5.50. The summed E-state index contributed by atoms with van der Waals surface area (Å²) in [4.78, 5) is 10.5. The maximum Gasteiger partial charge on any atom is 0.120 e. The molecule has 0 heterocycles. The monoisotopic (exact) mass is 192 g/mol. The van der Waals surface area contributed by atoms with Crippen molar-refractivity contribution in [2.45, 2.75) is 51.9 Å². The molecule has 0 aliphatic heterocycles. The largest absolute Gasteiger partial charge is 0.303 e. The molecule has 1 heteroatoms. The zero-order chi connectivity index (χ0) is 10.0. The Kier molecular flexibility index (Phi) is 2.76. The van der Waals surface area contributed by atoms with Crippen LogP contribution in [-0.2, 0) is 4.79 Å². The Labute approximate surface area is 86.6 Å². The van der Waals surface area contributed by atoms with Gasteiger partial charge in [-0.1, -0.05) is 25.0 Å². The van der Waals surface area contributed by atoms with Crippen LogP contribution in [0, 0.1) is 11.3 Å². The van der Waals surface area contributed by atoms with Gasteiger partial charge in [0.1, 0.15) is 6.29 Å². The molecule has 1 nitrogen and oxygen atoms in total. The minimum Gasteiger partial charge on any atom is -0.303 e. The molecule has 0 amide bonds. The van der Waals surface area contributed by atoms with Crippen molar-refractivity contribution in [2.24, 2.45) is 11.3 Å². The molecule has 0 aromatic carbocycles. The summed E-state index contributed by atoms with van der Waals surface area (Å²) in [5.74, 6) is 0.550. The van der Waals surface area contributed by atoms with E-state index in [1.54, 1.807) is 5.57 Å². The number of aldehydes is 1. The molecule has 2 rings (SSSR count). The molecule has 0 aromatic heterocycles. The first-order valence-electron chi connectivity index (χ1n) is 5.89. The van der Waals surface area contributed by atoms with Gasteiger partial charge in [-0.25, -0.2) is 0 Å². The first-order chi connectivity index (χ1) is 6.74. The predicted molar refractivity (Wildman–Crippen MR) is 58.1 cm³/mol. The Morgan fingerprint density at radius 3 is 3.14 bits per heavy atom. The van der Waals surface area contributed by atoms with Gasteiger partial charge in [0.25, 0.3) is 0 Å². The van der Waals surface area contributed by atoms with E-state index >= 15 is 0 Å². The molecular formula is C13H20O. The van der Waals surface area contributed by atoms with E-state index in [2.05, 4.69) is 13.0 Å². The van der Waals surface area contributed by atoms with Crippen LogP contribution in [-0.4, -0.2) is 6.29 Å². The number of carbonyl (C=O) groups excluding carboxylic acids is 1. The standard InChI is InChI=1S/C13H20O/c1-13-7-3-2-4-12(13)10-11(5-8-13)6-9-14/h9-11H,2-8H2,1H3. The summed E-state index contributed by atoms with van der Waals surface area (Å²) in [5, 5.41) is 0. The average molecular weight is 192 g/mol. The molecule has 78 valence electrons. The number of rotatable bonds is 2. The fourth-order valence-electron chi connectivity index (χ4n) is 3.04. The second kappa shape index (κ2) is 3.88. The van der Waals surface area contributed by atoms with Gasteiger partial charge in [0.15, 0.2) is 0 Å². The third-order valence-electron chi connectivity index (χ3n) is 4.10. The van der Waals surface area contributed by atoms with Gasteiger partial charge >= 0.3 is 0 Å². The number of carbonyl (C=O) groups is 1. The highest BCUT2D eigenvalue weighted by Gasteiger charge is 2.34. The lowest BCUT2D eigenvalue weighted by molar-refractivity contribution is -0.108. The molecule has 0 saturated heterocycles. The number of allylic oxidation sites excluding steroid dienone is 2. The van der Waals surface area contributed by atoms with Gasteiger partial charge in [0, 0.05) is 6.42 Å². The maximum absolute atomic E-state index is 10.5. The summed E-state index contributed by atoms with van der Waals surface area (Å²) in [7, 11) is 0. The van der Waals surface area contributed by atoms with Crippen LogP contribution in [0.5, 0.6) is 0 Å². The van der Waals surface area contributed by atoms with E-state index in [1.807, 2.05) is 0 Å². The van der Waals surface area contributed by atoms with Crippen LogP contribution in [0.1, 0.15) is 51.9 Å². The lowest BCUT2D eigenvalue weighted by Gasteiger charge is -2.41. The van der Waals surface area contributed by atoms with Gasteiger partial charge in [-0.05, 0) is 43.4 Å². The van der Waals surface area contributed by atoms with E-state index in [-0.39, 0.29) is 0 Å². The van der Waals surface area contributed by atoms with Crippen LogP contribution < -0.4 is 0 Å². The molecule has 0 bridgehead atoms. The quantitative estimate of drug-likeness (QED) is 0.483. The van der Waals surface area contributed by atoms with Crippen molar-refractivity contribution >= 4 is 6.29 Å². The second-order valence-corrected chi connectivity index (χ2v) is 5.16. The van der Waals surface area contributed by atoms with E-state index < -0.39 is 0 Å². The Bertz CT molecular complexity index is 254. The third kappa shape index (κ3) is 1.77. The van der Waals surface area contributed by atoms with Crippen molar-refractivity contribution < 1.29 is 4.79 Å². The Hall–Kier alpha value is -0.590. The lowest BCUT2D eigenvalue weighted by atomic mass is 9.64. The van der Waals surface area contributed by atoms with E-state index in [0.717, 1.165) is 12.7 Å². The normalized spacial score (nSPS) is 37.2. The van der Waals surface area contributed by atoms with Gasteiger partial charge in [-0.2, -0.15) is 0 Å². The van der Waals surface area contributed by atoms with Gasteiger partial charge in [-0.3, -0.25) is 0 Å². The summed E-state index contributed by atoms with van der Waals surface area (Å²) in [6.07, 6.45) is 12.2. The fourth-order valence-corrected chi connectivity index (χ4v) is 3.04. The fraction of sp³-hybridized carbons (Fsp3) is 0.769. The van der Waals surface area contributed by atoms with Crippen molar-refractivity contribution in [3.63, 3.8) is 0 Å². The van der Waals surface area contributed by atoms with Crippen LogP contribution in [0.3, 0.4) is 0 Å². The van der Waals surface area contributed by atoms with Crippen LogP contribution in [0.4, 0.5) is 0 Å². The van der Waals surface area contributed by atoms with Gasteiger partial charge in [0.2, 0.25) is 0 Å². The zero-order valence-corrected chi connectivity index (χ0v) is 9.09. The topological polar surface area (TPSA) is 17.1 Å². The second-order valence-electron chi connectivity index (χ2n) is 5.16.